The number of ketones is 1. The largest absolute Gasteiger partial charge is 0.467 e. The molecule has 0 saturated carbocycles. The molecule has 0 spiro atoms. The van der Waals surface area contributed by atoms with Crippen molar-refractivity contribution < 1.29 is 81.2 Å². The van der Waals surface area contributed by atoms with Crippen molar-refractivity contribution in [2.75, 3.05) is 20.2 Å². The van der Waals surface area contributed by atoms with Gasteiger partial charge in [0.15, 0.2) is 5.78 Å². The normalized spacial score (nSPS) is 13.8. The van der Waals surface area contributed by atoms with Gasteiger partial charge in [-0.2, -0.15) is 0 Å². The molecule has 0 fully saturated rings. The average Bonchev–Trinajstić information content (AvgIpc) is 3.27. The Hall–Kier alpha value is -6.85. The number of hydrogen-bond donors (Lipinski definition) is 7. The van der Waals surface area contributed by atoms with Gasteiger partial charge in [-0.3, -0.25) is 28.8 Å². The van der Waals surface area contributed by atoms with Crippen molar-refractivity contribution in [3.8, 4) is 0 Å². The molecule has 0 heterocycles. The first-order chi connectivity index (χ1) is 36.2. The maximum atomic E-state index is 13.9. The number of hydrogen-bond acceptors (Lipinski definition) is 18. The lowest BCUT2D eigenvalue weighted by Gasteiger charge is -2.27. The standard InChI is InChI=1S/C55H89N7O17/c1-51(2,3)75-42(65)25-24-37(48(71)79-55(13,14)15)62-50(73)61-36(47(70)78-54(10,11)12)19-17-18-26-57-49(72)58-32-34-22-20-33(21-23-34)27-41(64)59-38(30-44(67)77-53(7,8)9)40(63)28-35(29-43(66)76-52(4,5)6)45(68)60-39(31-56)46(69)74-16/h20-23,35-39H,17-19,24-32,56H2,1-16H3,(H,59,64)(H,60,68)(H2,57,58,72)(H2,61,62,73)/t35-,36-,37-,38-,39-/m0/s1. The Bertz CT molecular complexity index is 2250. The Labute approximate surface area is 464 Å². The highest BCUT2D eigenvalue weighted by Gasteiger charge is 2.36. The maximum Gasteiger partial charge on any atom is 0.329 e. The van der Waals surface area contributed by atoms with Crippen molar-refractivity contribution >= 4 is 65.5 Å². The van der Waals surface area contributed by atoms with Gasteiger partial charge in [-0.15, -0.1) is 0 Å². The summed E-state index contributed by atoms with van der Waals surface area (Å²) in [6.45, 7) is 24.7. The first-order valence-electron chi connectivity index (χ1n) is 26.4. The second-order valence-corrected chi connectivity index (χ2v) is 23.9. The molecule has 0 aliphatic heterocycles. The van der Waals surface area contributed by atoms with Crippen LogP contribution in [0.4, 0.5) is 9.59 Å². The van der Waals surface area contributed by atoms with Gasteiger partial charge in [0.25, 0.3) is 0 Å². The third-order valence-electron chi connectivity index (χ3n) is 10.3. The lowest BCUT2D eigenvalue weighted by molar-refractivity contribution is -0.159. The molecule has 0 bridgehead atoms. The summed E-state index contributed by atoms with van der Waals surface area (Å²) in [5.74, 6) is -8.32. The predicted molar refractivity (Wildman–Crippen MR) is 289 cm³/mol. The van der Waals surface area contributed by atoms with Gasteiger partial charge in [0.05, 0.1) is 38.3 Å². The zero-order valence-corrected chi connectivity index (χ0v) is 49.2. The summed E-state index contributed by atoms with van der Waals surface area (Å²) in [5.41, 5.74) is 2.39. The number of methoxy groups -OCH3 is 1. The van der Waals surface area contributed by atoms with Crippen LogP contribution in [-0.2, 0) is 84.5 Å². The molecule has 1 aromatic rings. The van der Waals surface area contributed by atoms with Gasteiger partial charge in [-0.05, 0) is 141 Å². The first kappa shape index (κ1) is 70.2. The molecule has 5 atom stereocenters. The number of Topliss-reactive ketones (excluding diaryl/α,β-unsaturated/α-hetero) is 1. The highest BCUT2D eigenvalue weighted by Crippen LogP contribution is 2.20. The molecule has 1 rings (SSSR count). The molecule has 79 heavy (non-hydrogen) atoms. The summed E-state index contributed by atoms with van der Waals surface area (Å²) >= 11 is 0. The number of carbonyl (C=O) groups excluding carboxylic acids is 11. The van der Waals surface area contributed by atoms with E-state index in [0.717, 1.165) is 7.11 Å². The van der Waals surface area contributed by atoms with Crippen LogP contribution in [0, 0.1) is 5.92 Å². The van der Waals surface area contributed by atoms with Crippen LogP contribution in [0.3, 0.4) is 0 Å². The van der Waals surface area contributed by atoms with Crippen molar-refractivity contribution in [3.63, 3.8) is 0 Å². The van der Waals surface area contributed by atoms with Gasteiger partial charge >= 0.3 is 47.9 Å². The number of unbranched alkanes of at least 4 members (excludes halogenated alkanes) is 1. The van der Waals surface area contributed by atoms with Crippen LogP contribution >= 0.6 is 0 Å². The summed E-state index contributed by atoms with van der Waals surface area (Å²) in [6.07, 6.45) is -1.58. The van der Waals surface area contributed by atoms with E-state index < -0.39 is 143 Å². The molecule has 446 valence electrons. The van der Waals surface area contributed by atoms with Crippen molar-refractivity contribution in [1.82, 2.24) is 31.9 Å². The fraction of sp³-hybridized carbons (Fsp3) is 0.691. The van der Waals surface area contributed by atoms with Crippen molar-refractivity contribution in [2.45, 2.75) is 220 Å². The van der Waals surface area contributed by atoms with E-state index in [4.69, 9.17) is 29.4 Å². The molecular weight excluding hydrogens is 1030 g/mol. The smallest absolute Gasteiger partial charge is 0.329 e. The van der Waals surface area contributed by atoms with E-state index in [0.29, 0.717) is 24.0 Å². The van der Waals surface area contributed by atoms with E-state index in [1.807, 2.05) is 0 Å². The zero-order valence-electron chi connectivity index (χ0n) is 49.2. The second kappa shape index (κ2) is 31.7. The first-order valence-corrected chi connectivity index (χ1v) is 26.4. The number of urea groups is 2. The quantitative estimate of drug-likeness (QED) is 0.0351. The topological polar surface area (TPSA) is 341 Å². The molecule has 8 N–H and O–H groups in total. The van der Waals surface area contributed by atoms with E-state index in [2.05, 4.69) is 36.6 Å². The highest BCUT2D eigenvalue weighted by atomic mass is 16.6. The molecule has 0 unspecified atom stereocenters. The Balaban J connectivity index is 3.01. The van der Waals surface area contributed by atoms with Crippen LogP contribution < -0.4 is 37.6 Å². The Kier molecular flexibility index (Phi) is 28.1. The van der Waals surface area contributed by atoms with E-state index >= 15 is 0 Å². The van der Waals surface area contributed by atoms with Crippen molar-refractivity contribution in [2.24, 2.45) is 11.7 Å². The third-order valence-corrected chi connectivity index (χ3v) is 10.3. The number of nitrogens with two attached hydrogens (primary N) is 1. The van der Waals surface area contributed by atoms with E-state index in [-0.39, 0.29) is 45.3 Å². The minimum Gasteiger partial charge on any atom is -0.467 e. The highest BCUT2D eigenvalue weighted by molar-refractivity contribution is 5.97. The number of carbonyl (C=O) groups is 11. The zero-order chi connectivity index (χ0) is 60.7. The van der Waals surface area contributed by atoms with Crippen molar-refractivity contribution in [1.29, 1.82) is 0 Å². The number of amides is 6. The molecule has 24 nitrogen and oxygen atoms in total. The lowest BCUT2D eigenvalue weighted by Crippen LogP contribution is -2.53. The molecule has 0 aliphatic rings. The van der Waals surface area contributed by atoms with Crippen LogP contribution in [0.25, 0.3) is 0 Å². The Morgan fingerprint density at radius 2 is 0.949 bits per heavy atom. The molecule has 0 radical (unpaired) electrons. The lowest BCUT2D eigenvalue weighted by atomic mass is 9.92. The van der Waals surface area contributed by atoms with Crippen LogP contribution in [0.5, 0.6) is 0 Å². The van der Waals surface area contributed by atoms with Gasteiger partial charge in [0.2, 0.25) is 11.8 Å². The van der Waals surface area contributed by atoms with Gasteiger partial charge in [0.1, 0.15) is 46.1 Å². The summed E-state index contributed by atoms with van der Waals surface area (Å²) < 4.78 is 31.9. The SMILES string of the molecule is COC(=O)[C@H](CN)NC(=O)[C@H](CC(=O)OC(C)(C)C)CC(=O)[C@H](CC(=O)OC(C)(C)C)NC(=O)Cc1ccc(CNC(=O)NCCCC[C@H](NC(=O)N[C@@H](CCC(=O)OC(C)(C)C)C(=O)OC(C)(C)C)C(=O)OC(C)(C)C)cc1. The monoisotopic (exact) mass is 1120 g/mol. The third kappa shape index (κ3) is 32.6. The minimum atomic E-state index is -1.49. The van der Waals surface area contributed by atoms with E-state index in [1.165, 1.54) is 0 Å². The van der Waals surface area contributed by atoms with Gasteiger partial charge < -0.3 is 66.1 Å². The van der Waals surface area contributed by atoms with Crippen LogP contribution in [0.1, 0.15) is 166 Å². The van der Waals surface area contributed by atoms with E-state index in [9.17, 15) is 52.7 Å². The van der Waals surface area contributed by atoms with Gasteiger partial charge in [-0.25, -0.2) is 24.0 Å². The van der Waals surface area contributed by atoms with Gasteiger partial charge in [-0.1, -0.05) is 24.3 Å². The average molecular weight is 1120 g/mol. The van der Waals surface area contributed by atoms with Crippen LogP contribution in [-0.4, -0.2) is 138 Å². The molecule has 0 saturated heterocycles. The molecule has 6 amide bonds. The molecule has 0 aromatic heterocycles. The number of rotatable bonds is 28. The molecule has 0 aliphatic carbocycles. The number of esters is 6. The molecule has 24 heteroatoms. The van der Waals surface area contributed by atoms with Gasteiger partial charge in [0, 0.05) is 32.5 Å². The van der Waals surface area contributed by atoms with E-state index in [1.54, 1.807) is 128 Å². The summed E-state index contributed by atoms with van der Waals surface area (Å²) in [7, 11) is 1.10. The maximum absolute atomic E-state index is 13.9. The second-order valence-electron chi connectivity index (χ2n) is 23.9. The Morgan fingerprint density at radius 1 is 0.481 bits per heavy atom. The number of ether oxygens (including phenoxy) is 6. The fourth-order valence-corrected chi connectivity index (χ4v) is 7.05. The fourth-order valence-electron chi connectivity index (χ4n) is 7.05. The Morgan fingerprint density at radius 3 is 1.43 bits per heavy atom. The minimum absolute atomic E-state index is 0.0935. The summed E-state index contributed by atoms with van der Waals surface area (Å²) in [6, 6.07) is 0.0552. The van der Waals surface area contributed by atoms with Crippen molar-refractivity contribution in [3.05, 3.63) is 35.4 Å². The van der Waals surface area contributed by atoms with Crippen LogP contribution in [0.15, 0.2) is 24.3 Å². The number of benzene rings is 1. The molecule has 1 aromatic carbocycles. The molecular formula is C55H89N7O17. The summed E-state index contributed by atoms with van der Waals surface area (Å²) in [5, 5.41) is 15.5. The summed E-state index contributed by atoms with van der Waals surface area (Å²) in [4.78, 5) is 144. The predicted octanol–water partition coefficient (Wildman–Crippen LogP) is 4.18. The van der Waals surface area contributed by atoms with Crippen LogP contribution in [0.2, 0.25) is 0 Å². The number of nitrogens with one attached hydrogen (secondary N) is 6.